The Labute approximate surface area is 133 Å². The summed E-state index contributed by atoms with van der Waals surface area (Å²) in [6, 6.07) is 0. The molecular formula is C11H17ClN4O3S2. The fraction of sp³-hybridized carbons (Fsp3) is 0.636. The van der Waals surface area contributed by atoms with Crippen LogP contribution in [0, 0.1) is 0 Å². The molecule has 0 unspecified atom stereocenters. The van der Waals surface area contributed by atoms with Gasteiger partial charge in [-0.15, -0.1) is 0 Å². The number of halogens is 1. The highest BCUT2D eigenvalue weighted by Crippen LogP contribution is 2.26. The smallest absolute Gasteiger partial charge is 0.254 e. The summed E-state index contributed by atoms with van der Waals surface area (Å²) in [6.45, 7) is 1.71. The minimum atomic E-state index is -3.56. The lowest BCUT2D eigenvalue weighted by molar-refractivity contribution is -0.133. The van der Waals surface area contributed by atoms with Crippen LogP contribution in [0.1, 0.15) is 0 Å². The average Bonchev–Trinajstić information content (AvgIpc) is 2.85. The standard InChI is InChI=1S/C11H17ClN4O3S2/c1-14(2)8-9(17)15-3-5-16(6-4-15)21(18,19)10-7-13-11(12)20-10/h7H,3-6,8H2,1-2H3. The van der Waals surface area contributed by atoms with Crippen molar-refractivity contribution in [2.45, 2.75) is 4.21 Å². The number of nitrogens with zero attached hydrogens (tertiary/aromatic N) is 4. The largest absolute Gasteiger partial charge is 0.339 e. The molecule has 1 aliphatic rings. The predicted octanol–water partition coefficient (Wildman–Crippen LogP) is 0.191. The Morgan fingerprint density at radius 2 is 2.00 bits per heavy atom. The van der Waals surface area contributed by atoms with Crippen LogP contribution in [0.3, 0.4) is 0 Å². The minimum absolute atomic E-state index is 0.0119. The molecule has 0 aromatic carbocycles. The van der Waals surface area contributed by atoms with Crippen molar-refractivity contribution < 1.29 is 13.2 Å². The number of rotatable bonds is 4. The van der Waals surface area contributed by atoms with E-state index in [0.29, 0.717) is 19.6 Å². The Balaban J connectivity index is 1.99. The molecule has 1 aromatic heterocycles. The first kappa shape index (κ1) is 16.6. The van der Waals surface area contributed by atoms with Gasteiger partial charge >= 0.3 is 0 Å². The van der Waals surface area contributed by atoms with E-state index in [1.54, 1.807) is 9.80 Å². The van der Waals surface area contributed by atoms with Gasteiger partial charge in [-0.3, -0.25) is 4.79 Å². The van der Waals surface area contributed by atoms with Crippen molar-refractivity contribution in [3.63, 3.8) is 0 Å². The van der Waals surface area contributed by atoms with Gasteiger partial charge in [-0.25, -0.2) is 13.4 Å². The first-order valence-corrected chi connectivity index (χ1v) is 8.98. The number of carbonyl (C=O) groups excluding carboxylic acids is 1. The van der Waals surface area contributed by atoms with Crippen molar-refractivity contribution in [2.24, 2.45) is 0 Å². The molecular weight excluding hydrogens is 336 g/mol. The molecule has 0 atom stereocenters. The Morgan fingerprint density at radius 1 is 1.38 bits per heavy atom. The van der Waals surface area contributed by atoms with E-state index in [2.05, 4.69) is 4.98 Å². The quantitative estimate of drug-likeness (QED) is 0.773. The van der Waals surface area contributed by atoms with Gasteiger partial charge in [0.2, 0.25) is 5.91 Å². The van der Waals surface area contributed by atoms with E-state index in [0.717, 1.165) is 11.3 Å². The first-order chi connectivity index (χ1) is 9.80. The second-order valence-corrected chi connectivity index (χ2v) is 8.73. The molecule has 2 heterocycles. The molecule has 21 heavy (non-hydrogen) atoms. The van der Waals surface area contributed by atoms with Crippen LogP contribution in [0.4, 0.5) is 0 Å². The van der Waals surface area contributed by atoms with Crippen molar-refractivity contribution in [1.29, 1.82) is 0 Å². The normalized spacial score (nSPS) is 17.4. The van der Waals surface area contributed by atoms with Crippen LogP contribution >= 0.6 is 22.9 Å². The van der Waals surface area contributed by atoms with Crippen LogP contribution in [0.25, 0.3) is 0 Å². The van der Waals surface area contributed by atoms with Gasteiger partial charge < -0.3 is 9.80 Å². The Bertz CT molecular complexity index is 609. The summed E-state index contributed by atoms with van der Waals surface area (Å²) in [6.07, 6.45) is 1.27. The number of amides is 1. The van der Waals surface area contributed by atoms with E-state index in [4.69, 9.17) is 11.6 Å². The zero-order valence-corrected chi connectivity index (χ0v) is 14.2. The number of aromatic nitrogens is 1. The fourth-order valence-electron chi connectivity index (χ4n) is 2.03. The first-order valence-electron chi connectivity index (χ1n) is 6.34. The van der Waals surface area contributed by atoms with Crippen molar-refractivity contribution in [1.82, 2.24) is 19.1 Å². The van der Waals surface area contributed by atoms with Crippen LogP contribution in [-0.4, -0.2) is 80.2 Å². The number of thiazole rings is 1. The van der Waals surface area contributed by atoms with Gasteiger partial charge in [-0.2, -0.15) is 4.31 Å². The Hall–Kier alpha value is -0.740. The van der Waals surface area contributed by atoms with E-state index in [1.807, 2.05) is 14.1 Å². The third-order valence-corrected chi connectivity index (χ3v) is 6.54. The molecule has 0 N–H and O–H groups in total. The van der Waals surface area contributed by atoms with Gasteiger partial charge in [-0.05, 0) is 14.1 Å². The van der Waals surface area contributed by atoms with Crippen LogP contribution in [-0.2, 0) is 14.8 Å². The summed E-state index contributed by atoms with van der Waals surface area (Å²) >= 11 is 6.63. The van der Waals surface area contributed by atoms with Gasteiger partial charge in [0.05, 0.1) is 12.7 Å². The molecule has 1 aliphatic heterocycles. The predicted molar refractivity (Wildman–Crippen MR) is 81.0 cm³/mol. The molecule has 10 heteroatoms. The van der Waals surface area contributed by atoms with E-state index in [-0.39, 0.29) is 27.7 Å². The maximum atomic E-state index is 12.4. The maximum absolute atomic E-state index is 12.4. The second-order valence-electron chi connectivity index (χ2n) is 4.95. The highest BCUT2D eigenvalue weighted by molar-refractivity contribution is 7.91. The number of hydrogen-bond donors (Lipinski definition) is 0. The van der Waals surface area contributed by atoms with Crippen molar-refractivity contribution in [3.8, 4) is 0 Å². The zero-order chi connectivity index (χ0) is 15.6. The van der Waals surface area contributed by atoms with Gasteiger partial charge in [0, 0.05) is 26.2 Å². The highest BCUT2D eigenvalue weighted by Gasteiger charge is 2.31. The third kappa shape index (κ3) is 3.92. The van der Waals surface area contributed by atoms with Crippen LogP contribution in [0.2, 0.25) is 4.47 Å². The van der Waals surface area contributed by atoms with Crippen LogP contribution in [0.5, 0.6) is 0 Å². The van der Waals surface area contributed by atoms with Crippen molar-refractivity contribution in [3.05, 3.63) is 10.7 Å². The summed E-state index contributed by atoms with van der Waals surface area (Å²) in [5.74, 6) is 0.0119. The zero-order valence-electron chi connectivity index (χ0n) is 11.8. The van der Waals surface area contributed by atoms with Gasteiger partial charge in [0.15, 0.2) is 8.68 Å². The topological polar surface area (TPSA) is 73.8 Å². The maximum Gasteiger partial charge on any atom is 0.254 e. The molecule has 118 valence electrons. The van der Waals surface area contributed by atoms with Crippen molar-refractivity contribution >= 4 is 38.9 Å². The van der Waals surface area contributed by atoms with Gasteiger partial charge in [0.25, 0.3) is 10.0 Å². The minimum Gasteiger partial charge on any atom is -0.339 e. The molecule has 0 bridgehead atoms. The van der Waals surface area contributed by atoms with Crippen LogP contribution < -0.4 is 0 Å². The lowest BCUT2D eigenvalue weighted by Gasteiger charge is -2.34. The van der Waals surface area contributed by atoms with E-state index >= 15 is 0 Å². The van der Waals surface area contributed by atoms with E-state index in [1.165, 1.54) is 10.5 Å². The van der Waals surface area contributed by atoms with Gasteiger partial charge in [0.1, 0.15) is 0 Å². The molecule has 1 fully saturated rings. The molecule has 0 radical (unpaired) electrons. The third-order valence-electron chi connectivity index (χ3n) is 3.09. The molecule has 1 amide bonds. The summed E-state index contributed by atoms with van der Waals surface area (Å²) in [5.41, 5.74) is 0. The Morgan fingerprint density at radius 3 is 2.48 bits per heavy atom. The SMILES string of the molecule is CN(C)CC(=O)N1CCN(S(=O)(=O)c2cnc(Cl)s2)CC1. The lowest BCUT2D eigenvalue weighted by atomic mass is 10.3. The summed E-state index contributed by atoms with van der Waals surface area (Å²) in [7, 11) is 0.0942. The highest BCUT2D eigenvalue weighted by atomic mass is 35.5. The second kappa shape index (κ2) is 6.57. The molecule has 2 rings (SSSR count). The van der Waals surface area contributed by atoms with E-state index in [9.17, 15) is 13.2 Å². The van der Waals surface area contributed by atoms with Gasteiger partial charge in [-0.1, -0.05) is 22.9 Å². The number of hydrogen-bond acceptors (Lipinski definition) is 6. The lowest BCUT2D eigenvalue weighted by Crippen LogP contribution is -2.52. The summed E-state index contributed by atoms with van der Waals surface area (Å²) < 4.78 is 26.5. The molecule has 0 spiro atoms. The summed E-state index contributed by atoms with van der Waals surface area (Å²) in [4.78, 5) is 19.2. The summed E-state index contributed by atoms with van der Waals surface area (Å²) in [5, 5.41) is 0. The van der Waals surface area contributed by atoms with E-state index < -0.39 is 10.0 Å². The number of piperazine rings is 1. The number of carbonyl (C=O) groups is 1. The molecule has 0 aliphatic carbocycles. The fourth-order valence-corrected chi connectivity index (χ4v) is 4.90. The molecule has 7 nitrogen and oxygen atoms in total. The monoisotopic (exact) mass is 352 g/mol. The number of sulfonamides is 1. The van der Waals surface area contributed by atoms with Crippen molar-refractivity contribution in [2.75, 3.05) is 46.8 Å². The molecule has 1 saturated heterocycles. The Kier molecular flexibility index (Phi) is 5.20. The molecule has 0 saturated carbocycles. The number of likely N-dealkylation sites (N-methyl/N-ethyl adjacent to an activating group) is 1. The van der Waals surface area contributed by atoms with Crippen LogP contribution in [0.15, 0.2) is 10.4 Å². The average molecular weight is 353 g/mol. The molecule has 1 aromatic rings.